The van der Waals surface area contributed by atoms with Crippen molar-refractivity contribution in [1.82, 2.24) is 0 Å². The van der Waals surface area contributed by atoms with E-state index in [1.54, 1.807) is 13.0 Å². The standard InChI is InChI=1S/C9H14N2O2/c1-4-7(5-6(2)12)8-9(3,10)13-11-8/h5,12H,2,4,10H2,1,3H3/b7-5+. The zero-order chi connectivity index (χ0) is 10.1. The van der Waals surface area contributed by atoms with Gasteiger partial charge in [-0.05, 0) is 25.0 Å². The highest BCUT2D eigenvalue weighted by Gasteiger charge is 2.38. The Bertz CT molecular complexity index is 290. The molecule has 0 saturated heterocycles. The Hall–Kier alpha value is -1.29. The fraction of sp³-hybridized carbons (Fsp3) is 0.444. The first-order valence-electron chi connectivity index (χ1n) is 4.11. The van der Waals surface area contributed by atoms with Crippen LogP contribution in [0.15, 0.2) is 29.1 Å². The van der Waals surface area contributed by atoms with Crippen LogP contribution in [0, 0.1) is 0 Å². The topological polar surface area (TPSA) is 67.8 Å². The van der Waals surface area contributed by atoms with Crippen LogP contribution in [0.2, 0.25) is 0 Å². The van der Waals surface area contributed by atoms with E-state index in [9.17, 15) is 0 Å². The second kappa shape index (κ2) is 3.22. The van der Waals surface area contributed by atoms with Gasteiger partial charge in [-0.25, -0.2) is 0 Å². The smallest absolute Gasteiger partial charge is 0.229 e. The quantitative estimate of drug-likeness (QED) is 0.512. The van der Waals surface area contributed by atoms with Crippen molar-refractivity contribution in [3.05, 3.63) is 24.0 Å². The second-order valence-electron chi connectivity index (χ2n) is 3.15. The van der Waals surface area contributed by atoms with E-state index in [4.69, 9.17) is 15.7 Å². The summed E-state index contributed by atoms with van der Waals surface area (Å²) in [6.07, 6.45) is 2.28. The van der Waals surface area contributed by atoms with Gasteiger partial charge in [0.05, 0.1) is 0 Å². The third-order valence-corrected chi connectivity index (χ3v) is 1.82. The molecule has 0 aromatic rings. The molecule has 1 rings (SSSR count). The lowest BCUT2D eigenvalue weighted by atomic mass is 9.98. The number of rotatable bonds is 3. The number of oxime groups is 1. The van der Waals surface area contributed by atoms with Crippen LogP contribution in [0.25, 0.3) is 0 Å². The van der Waals surface area contributed by atoms with Crippen LogP contribution in [0.4, 0.5) is 0 Å². The minimum atomic E-state index is -0.822. The van der Waals surface area contributed by atoms with Gasteiger partial charge in [0.15, 0.2) is 0 Å². The van der Waals surface area contributed by atoms with Crippen molar-refractivity contribution in [2.45, 2.75) is 26.0 Å². The van der Waals surface area contributed by atoms with Gasteiger partial charge < -0.3 is 9.94 Å². The summed E-state index contributed by atoms with van der Waals surface area (Å²) >= 11 is 0. The molecule has 1 aliphatic heterocycles. The van der Waals surface area contributed by atoms with Crippen molar-refractivity contribution in [2.24, 2.45) is 10.9 Å². The fourth-order valence-electron chi connectivity index (χ4n) is 1.15. The molecule has 0 fully saturated rings. The highest BCUT2D eigenvalue weighted by Crippen LogP contribution is 2.24. The number of aliphatic hydroxyl groups excluding tert-OH is 1. The Labute approximate surface area is 77.4 Å². The summed E-state index contributed by atoms with van der Waals surface area (Å²) in [4.78, 5) is 4.81. The predicted molar refractivity (Wildman–Crippen MR) is 51.3 cm³/mol. The molecule has 0 aromatic carbocycles. The maximum atomic E-state index is 8.99. The van der Waals surface area contributed by atoms with Gasteiger partial charge in [-0.3, -0.25) is 5.73 Å². The Kier molecular flexibility index (Phi) is 2.43. The molecule has 4 heteroatoms. The van der Waals surface area contributed by atoms with E-state index in [0.717, 1.165) is 12.0 Å². The fourth-order valence-corrected chi connectivity index (χ4v) is 1.15. The first kappa shape index (κ1) is 9.80. The number of nitrogens with zero attached hydrogens (tertiary/aromatic N) is 1. The zero-order valence-corrected chi connectivity index (χ0v) is 7.87. The average molecular weight is 182 g/mol. The van der Waals surface area contributed by atoms with E-state index >= 15 is 0 Å². The highest BCUT2D eigenvalue weighted by molar-refractivity contribution is 6.07. The maximum absolute atomic E-state index is 8.99. The largest absolute Gasteiger partial charge is 0.509 e. The van der Waals surface area contributed by atoms with Gasteiger partial charge in [0, 0.05) is 0 Å². The summed E-state index contributed by atoms with van der Waals surface area (Å²) in [6, 6.07) is 0. The Morgan fingerprint density at radius 1 is 1.85 bits per heavy atom. The first-order valence-corrected chi connectivity index (χ1v) is 4.11. The maximum Gasteiger partial charge on any atom is 0.229 e. The van der Waals surface area contributed by atoms with E-state index in [0.29, 0.717) is 5.71 Å². The van der Waals surface area contributed by atoms with Crippen LogP contribution in [0.5, 0.6) is 0 Å². The molecule has 3 N–H and O–H groups in total. The van der Waals surface area contributed by atoms with Crippen LogP contribution in [-0.4, -0.2) is 16.5 Å². The predicted octanol–water partition coefficient (Wildman–Crippen LogP) is 1.46. The normalized spacial score (nSPS) is 27.3. The number of nitrogens with two attached hydrogens (primary N) is 1. The number of allylic oxidation sites excluding steroid dienone is 1. The summed E-state index contributed by atoms with van der Waals surface area (Å²) in [5.74, 6) is 0.00208. The zero-order valence-electron chi connectivity index (χ0n) is 7.87. The molecule has 72 valence electrons. The second-order valence-corrected chi connectivity index (χ2v) is 3.15. The summed E-state index contributed by atoms with van der Waals surface area (Å²) in [5, 5.41) is 12.7. The minimum Gasteiger partial charge on any atom is -0.509 e. The van der Waals surface area contributed by atoms with Crippen LogP contribution in [0.3, 0.4) is 0 Å². The summed E-state index contributed by atoms with van der Waals surface area (Å²) in [6.45, 7) is 7.05. The molecule has 1 atom stereocenters. The van der Waals surface area contributed by atoms with Gasteiger partial charge in [0.2, 0.25) is 5.72 Å². The van der Waals surface area contributed by atoms with Gasteiger partial charge >= 0.3 is 0 Å². The van der Waals surface area contributed by atoms with E-state index < -0.39 is 5.72 Å². The average Bonchev–Trinajstić information content (AvgIpc) is 2.00. The van der Waals surface area contributed by atoms with E-state index in [-0.39, 0.29) is 5.76 Å². The van der Waals surface area contributed by atoms with Crippen LogP contribution >= 0.6 is 0 Å². The van der Waals surface area contributed by atoms with Gasteiger partial charge in [-0.1, -0.05) is 18.7 Å². The molecule has 0 spiro atoms. The van der Waals surface area contributed by atoms with Crippen molar-refractivity contribution in [1.29, 1.82) is 0 Å². The number of aliphatic hydroxyl groups is 1. The molecule has 0 aliphatic carbocycles. The molecular weight excluding hydrogens is 168 g/mol. The van der Waals surface area contributed by atoms with Crippen LogP contribution < -0.4 is 5.73 Å². The van der Waals surface area contributed by atoms with Gasteiger partial charge in [0.25, 0.3) is 0 Å². The van der Waals surface area contributed by atoms with Crippen LogP contribution in [-0.2, 0) is 4.84 Å². The Morgan fingerprint density at radius 3 is 2.69 bits per heavy atom. The number of hydrogen-bond acceptors (Lipinski definition) is 4. The van der Waals surface area contributed by atoms with Gasteiger partial charge in [-0.15, -0.1) is 0 Å². The molecular formula is C9H14N2O2. The van der Waals surface area contributed by atoms with Crippen molar-refractivity contribution < 1.29 is 9.94 Å². The Balaban J connectivity index is 2.87. The molecule has 0 radical (unpaired) electrons. The molecule has 1 unspecified atom stereocenters. The van der Waals surface area contributed by atoms with E-state index in [1.165, 1.54) is 0 Å². The van der Waals surface area contributed by atoms with Crippen molar-refractivity contribution in [3.8, 4) is 0 Å². The minimum absolute atomic E-state index is 0.00208. The van der Waals surface area contributed by atoms with Crippen molar-refractivity contribution >= 4 is 5.71 Å². The van der Waals surface area contributed by atoms with Crippen LogP contribution in [0.1, 0.15) is 20.3 Å². The summed E-state index contributed by atoms with van der Waals surface area (Å²) in [5.41, 5.74) is 6.41. The monoisotopic (exact) mass is 182 g/mol. The molecule has 1 aliphatic rings. The molecule has 0 amide bonds. The van der Waals surface area contributed by atoms with E-state index in [1.807, 2.05) is 6.92 Å². The van der Waals surface area contributed by atoms with Crippen molar-refractivity contribution in [2.75, 3.05) is 0 Å². The third kappa shape index (κ3) is 1.89. The SMILES string of the molecule is C=C(O)/C=C(\CC)C1=NOC1(C)N. The summed E-state index contributed by atoms with van der Waals surface area (Å²) < 4.78 is 0. The lowest BCUT2D eigenvalue weighted by Gasteiger charge is -2.32. The molecule has 0 saturated carbocycles. The van der Waals surface area contributed by atoms with Gasteiger partial charge in [-0.2, -0.15) is 0 Å². The number of hydrogen-bond donors (Lipinski definition) is 2. The van der Waals surface area contributed by atoms with E-state index in [2.05, 4.69) is 11.7 Å². The molecule has 0 bridgehead atoms. The summed E-state index contributed by atoms with van der Waals surface area (Å²) in [7, 11) is 0. The lowest BCUT2D eigenvalue weighted by Crippen LogP contribution is -2.53. The highest BCUT2D eigenvalue weighted by atomic mass is 16.7. The Morgan fingerprint density at radius 2 is 2.46 bits per heavy atom. The van der Waals surface area contributed by atoms with Crippen molar-refractivity contribution in [3.63, 3.8) is 0 Å². The van der Waals surface area contributed by atoms with Gasteiger partial charge in [0.1, 0.15) is 11.5 Å². The first-order chi connectivity index (χ1) is 5.97. The molecule has 1 heterocycles. The molecule has 4 nitrogen and oxygen atoms in total. The molecule has 13 heavy (non-hydrogen) atoms. The molecule has 0 aromatic heterocycles. The lowest BCUT2D eigenvalue weighted by molar-refractivity contribution is -0.0142. The third-order valence-electron chi connectivity index (χ3n) is 1.82.